The molecule has 0 unspecified atom stereocenters. The van der Waals surface area contributed by atoms with E-state index in [0.29, 0.717) is 41.1 Å². The van der Waals surface area contributed by atoms with Crippen LogP contribution >= 0.6 is 11.6 Å². The molecular formula is C20H18ClN7O2. The maximum atomic E-state index is 12.5. The number of imidazole rings is 1. The van der Waals surface area contributed by atoms with E-state index in [2.05, 4.69) is 35.4 Å². The molecule has 1 aliphatic heterocycles. The first-order valence-corrected chi connectivity index (χ1v) is 9.85. The van der Waals surface area contributed by atoms with E-state index in [0.717, 1.165) is 29.9 Å². The number of carbonyl (C=O) groups excluding carboxylic acids is 1. The molecule has 3 N–H and O–H groups in total. The number of fused-ring (bicyclic) bond motifs is 1. The molecule has 0 atom stereocenters. The molecule has 9 nitrogen and oxygen atoms in total. The number of anilines is 2. The highest BCUT2D eigenvalue weighted by molar-refractivity contribution is 6.31. The molecule has 152 valence electrons. The summed E-state index contributed by atoms with van der Waals surface area (Å²) in [4.78, 5) is 26.8. The van der Waals surface area contributed by atoms with Gasteiger partial charge < -0.3 is 19.9 Å². The lowest BCUT2D eigenvalue weighted by Gasteiger charge is -2.27. The van der Waals surface area contributed by atoms with Crippen molar-refractivity contribution in [1.82, 2.24) is 25.1 Å². The van der Waals surface area contributed by atoms with Crippen molar-refractivity contribution in [3.63, 3.8) is 0 Å². The van der Waals surface area contributed by atoms with Crippen molar-refractivity contribution in [3.8, 4) is 11.5 Å². The Kier molecular flexibility index (Phi) is 4.82. The van der Waals surface area contributed by atoms with Crippen LogP contribution in [-0.4, -0.2) is 57.4 Å². The van der Waals surface area contributed by atoms with Crippen molar-refractivity contribution in [2.75, 3.05) is 36.5 Å². The quantitative estimate of drug-likeness (QED) is 0.465. The van der Waals surface area contributed by atoms with Crippen molar-refractivity contribution >= 4 is 40.2 Å². The van der Waals surface area contributed by atoms with Gasteiger partial charge in [0.05, 0.1) is 29.8 Å². The largest absolute Gasteiger partial charge is 0.378 e. The van der Waals surface area contributed by atoms with E-state index in [-0.39, 0.29) is 5.91 Å². The summed E-state index contributed by atoms with van der Waals surface area (Å²) in [6, 6.07) is 10.7. The van der Waals surface area contributed by atoms with Gasteiger partial charge in [0.1, 0.15) is 11.5 Å². The molecule has 0 saturated carbocycles. The summed E-state index contributed by atoms with van der Waals surface area (Å²) in [5.41, 5.74) is 2.72. The van der Waals surface area contributed by atoms with Crippen LogP contribution in [0, 0.1) is 0 Å². The van der Waals surface area contributed by atoms with Crippen molar-refractivity contribution in [2.45, 2.75) is 0 Å². The maximum absolute atomic E-state index is 12.5. The Balaban J connectivity index is 1.29. The molecule has 3 aromatic heterocycles. The molecule has 1 aromatic carbocycles. The number of hydrogen-bond acceptors (Lipinski definition) is 6. The summed E-state index contributed by atoms with van der Waals surface area (Å²) in [5.74, 6) is 1.55. The van der Waals surface area contributed by atoms with Crippen LogP contribution in [0.5, 0.6) is 0 Å². The van der Waals surface area contributed by atoms with Crippen LogP contribution in [0.2, 0.25) is 5.02 Å². The van der Waals surface area contributed by atoms with Gasteiger partial charge in [-0.1, -0.05) is 11.6 Å². The fourth-order valence-corrected chi connectivity index (χ4v) is 3.47. The van der Waals surface area contributed by atoms with Gasteiger partial charge in [-0.05, 0) is 30.3 Å². The minimum absolute atomic E-state index is 0.287. The first-order valence-electron chi connectivity index (χ1n) is 9.47. The van der Waals surface area contributed by atoms with Gasteiger partial charge in [-0.2, -0.15) is 5.10 Å². The number of rotatable bonds is 4. The Bertz CT molecular complexity index is 1200. The average molecular weight is 424 g/mol. The number of carbonyl (C=O) groups is 1. The average Bonchev–Trinajstić information content (AvgIpc) is 3.41. The van der Waals surface area contributed by atoms with E-state index < -0.39 is 0 Å². The van der Waals surface area contributed by atoms with E-state index in [1.165, 1.54) is 0 Å². The number of nitrogens with zero attached hydrogens (tertiary/aromatic N) is 4. The Morgan fingerprint density at radius 1 is 1.17 bits per heavy atom. The second-order valence-electron chi connectivity index (χ2n) is 6.87. The number of H-pyrrole nitrogens is 2. The van der Waals surface area contributed by atoms with Crippen LogP contribution in [0.15, 0.2) is 42.6 Å². The van der Waals surface area contributed by atoms with E-state index >= 15 is 0 Å². The first kappa shape index (κ1) is 18.6. The number of benzene rings is 1. The van der Waals surface area contributed by atoms with Gasteiger partial charge in [0.25, 0.3) is 5.91 Å². The Morgan fingerprint density at radius 2 is 2.03 bits per heavy atom. The number of aromatic amines is 2. The Morgan fingerprint density at radius 3 is 2.83 bits per heavy atom. The van der Waals surface area contributed by atoms with Crippen LogP contribution in [0.1, 0.15) is 10.4 Å². The zero-order valence-corrected chi connectivity index (χ0v) is 16.6. The van der Waals surface area contributed by atoms with Gasteiger partial charge in [0, 0.05) is 30.4 Å². The van der Waals surface area contributed by atoms with Crippen LogP contribution in [0.4, 0.5) is 11.6 Å². The number of halogens is 1. The van der Waals surface area contributed by atoms with Crippen molar-refractivity contribution in [1.29, 1.82) is 0 Å². The number of amides is 1. The number of hydrogen-bond donors (Lipinski definition) is 3. The highest BCUT2D eigenvalue weighted by Gasteiger charge is 2.15. The molecular weight excluding hydrogens is 406 g/mol. The number of pyridine rings is 1. The molecule has 1 aliphatic rings. The number of morpholine rings is 1. The van der Waals surface area contributed by atoms with Crippen molar-refractivity contribution in [2.24, 2.45) is 0 Å². The smallest absolute Gasteiger partial charge is 0.258 e. The lowest BCUT2D eigenvalue weighted by atomic mass is 10.2. The molecule has 0 bridgehead atoms. The predicted molar refractivity (Wildman–Crippen MR) is 114 cm³/mol. The zero-order chi connectivity index (χ0) is 20.5. The third-order valence-corrected chi connectivity index (χ3v) is 5.10. The Hall–Kier alpha value is -3.43. The predicted octanol–water partition coefficient (Wildman–Crippen LogP) is 3.09. The third kappa shape index (κ3) is 3.72. The molecule has 0 radical (unpaired) electrons. The number of aromatic nitrogens is 5. The van der Waals surface area contributed by atoms with Crippen LogP contribution in [-0.2, 0) is 4.74 Å². The summed E-state index contributed by atoms with van der Waals surface area (Å²) in [5, 5.41) is 10.4. The van der Waals surface area contributed by atoms with E-state index in [1.54, 1.807) is 30.5 Å². The van der Waals surface area contributed by atoms with Gasteiger partial charge >= 0.3 is 0 Å². The lowest BCUT2D eigenvalue weighted by molar-refractivity contribution is 0.102. The van der Waals surface area contributed by atoms with Gasteiger partial charge in [-0.3, -0.25) is 9.89 Å². The minimum atomic E-state index is -0.287. The standard InChI is InChI=1S/C20H18ClN7O2/c21-13-2-3-14-15(9-13)24-19(23-14)16-10-17(27-26-16)25-20(29)12-1-4-18(22-11-12)28-5-7-30-8-6-28/h1-4,9-11H,5-8H2,(H,23,24)(H2,25,26,27,29). The summed E-state index contributed by atoms with van der Waals surface area (Å²) in [6.07, 6.45) is 1.57. The molecule has 0 spiro atoms. The second-order valence-corrected chi connectivity index (χ2v) is 7.31. The van der Waals surface area contributed by atoms with Gasteiger partial charge in [0.15, 0.2) is 11.6 Å². The lowest BCUT2D eigenvalue weighted by Crippen LogP contribution is -2.36. The molecule has 4 aromatic rings. The summed E-state index contributed by atoms with van der Waals surface area (Å²) in [6.45, 7) is 2.96. The summed E-state index contributed by atoms with van der Waals surface area (Å²) in [7, 11) is 0. The van der Waals surface area contributed by atoms with E-state index in [9.17, 15) is 4.79 Å². The SMILES string of the molecule is O=C(Nc1cc(-c2nc3cc(Cl)ccc3[nH]2)[nH]n1)c1ccc(N2CCOCC2)nc1. The molecule has 4 heterocycles. The van der Waals surface area contributed by atoms with Crippen LogP contribution in [0.25, 0.3) is 22.6 Å². The van der Waals surface area contributed by atoms with Crippen molar-refractivity contribution in [3.05, 3.63) is 53.2 Å². The number of nitrogens with one attached hydrogen (secondary N) is 3. The third-order valence-electron chi connectivity index (χ3n) is 4.86. The normalized spacial score (nSPS) is 14.2. The maximum Gasteiger partial charge on any atom is 0.258 e. The second kappa shape index (κ2) is 7.77. The highest BCUT2D eigenvalue weighted by atomic mass is 35.5. The molecule has 30 heavy (non-hydrogen) atoms. The van der Waals surface area contributed by atoms with E-state index in [4.69, 9.17) is 16.3 Å². The zero-order valence-electron chi connectivity index (χ0n) is 15.9. The topological polar surface area (TPSA) is 112 Å². The fraction of sp³-hybridized carbons (Fsp3) is 0.200. The van der Waals surface area contributed by atoms with Crippen molar-refractivity contribution < 1.29 is 9.53 Å². The van der Waals surface area contributed by atoms with Gasteiger partial charge in [0.2, 0.25) is 0 Å². The van der Waals surface area contributed by atoms with Crippen LogP contribution < -0.4 is 10.2 Å². The van der Waals surface area contributed by atoms with Gasteiger partial charge in [-0.15, -0.1) is 0 Å². The molecule has 1 amide bonds. The van der Waals surface area contributed by atoms with Gasteiger partial charge in [-0.25, -0.2) is 9.97 Å². The summed E-state index contributed by atoms with van der Waals surface area (Å²) < 4.78 is 5.35. The fourth-order valence-electron chi connectivity index (χ4n) is 3.30. The first-order chi connectivity index (χ1) is 14.7. The molecule has 10 heteroatoms. The molecule has 0 aliphatic carbocycles. The molecule has 1 fully saturated rings. The monoisotopic (exact) mass is 423 g/mol. The Labute approximate surface area is 176 Å². The molecule has 1 saturated heterocycles. The summed E-state index contributed by atoms with van der Waals surface area (Å²) >= 11 is 6.01. The van der Waals surface area contributed by atoms with E-state index in [1.807, 2.05) is 12.1 Å². The minimum Gasteiger partial charge on any atom is -0.378 e. The molecule has 5 rings (SSSR count). The van der Waals surface area contributed by atoms with Crippen LogP contribution in [0.3, 0.4) is 0 Å². The number of ether oxygens (including phenoxy) is 1. The highest BCUT2D eigenvalue weighted by Crippen LogP contribution is 2.23.